The number of aromatic amines is 1. The van der Waals surface area contributed by atoms with Crippen LogP contribution in [0.5, 0.6) is 5.75 Å². The van der Waals surface area contributed by atoms with Crippen molar-refractivity contribution >= 4 is 23.6 Å². The third kappa shape index (κ3) is 4.08. The van der Waals surface area contributed by atoms with E-state index in [4.69, 9.17) is 9.47 Å². The zero-order chi connectivity index (χ0) is 20.2. The van der Waals surface area contributed by atoms with E-state index in [-0.39, 0.29) is 5.82 Å². The molecule has 1 fully saturated rings. The Labute approximate surface area is 165 Å². The Kier molecular flexibility index (Phi) is 4.93. The number of carbonyl (C=O) groups is 2. The summed E-state index contributed by atoms with van der Waals surface area (Å²) >= 11 is 0. The van der Waals surface area contributed by atoms with Crippen LogP contribution in [0.3, 0.4) is 0 Å². The van der Waals surface area contributed by atoms with Crippen LogP contribution in [0.15, 0.2) is 60.6 Å². The molecule has 1 atom stereocenters. The molecule has 0 spiro atoms. The molecular formula is C20H17N5O4. The Bertz CT molecular complexity index is 1040. The van der Waals surface area contributed by atoms with Crippen LogP contribution in [0.2, 0.25) is 0 Å². The van der Waals surface area contributed by atoms with E-state index < -0.39 is 18.1 Å². The maximum atomic E-state index is 12.2. The molecule has 3 N–H and O–H groups in total. The molecule has 1 amide bonds. The summed E-state index contributed by atoms with van der Waals surface area (Å²) in [5.41, 5.74) is 2.53. The normalized spacial score (nSPS) is 16.9. The topological polar surface area (TPSA) is 118 Å². The molecule has 1 aromatic heterocycles. The highest BCUT2D eigenvalue weighted by molar-refractivity contribution is 6.01. The number of amides is 1. The maximum absolute atomic E-state index is 12.2. The van der Waals surface area contributed by atoms with Crippen LogP contribution in [0.1, 0.15) is 28.0 Å². The lowest BCUT2D eigenvalue weighted by atomic mass is 10.1. The van der Waals surface area contributed by atoms with Gasteiger partial charge in [-0.25, -0.2) is 9.78 Å². The largest absolute Gasteiger partial charge is 0.497 e. The van der Waals surface area contributed by atoms with Gasteiger partial charge in [-0.05, 0) is 35.9 Å². The van der Waals surface area contributed by atoms with Crippen molar-refractivity contribution < 1.29 is 19.1 Å². The van der Waals surface area contributed by atoms with Crippen LogP contribution >= 0.6 is 0 Å². The first-order valence-corrected chi connectivity index (χ1v) is 8.72. The highest BCUT2D eigenvalue weighted by atomic mass is 16.6. The summed E-state index contributed by atoms with van der Waals surface area (Å²) in [4.78, 5) is 27.9. The van der Waals surface area contributed by atoms with Gasteiger partial charge in [-0.3, -0.25) is 9.89 Å². The summed E-state index contributed by atoms with van der Waals surface area (Å²) in [7, 11) is 1.60. The fourth-order valence-corrected chi connectivity index (χ4v) is 2.77. The van der Waals surface area contributed by atoms with Gasteiger partial charge in [0.1, 0.15) is 17.8 Å². The Morgan fingerprint density at radius 1 is 1.17 bits per heavy atom. The van der Waals surface area contributed by atoms with E-state index >= 15 is 0 Å². The van der Waals surface area contributed by atoms with Crippen LogP contribution in [0.4, 0.5) is 5.69 Å². The lowest BCUT2D eigenvalue weighted by molar-refractivity contribution is -0.139. The number of anilines is 1. The average Bonchev–Trinajstić information content (AvgIpc) is 3.40. The summed E-state index contributed by atoms with van der Waals surface area (Å²) in [6, 6.07) is 14.3. The second-order valence-corrected chi connectivity index (χ2v) is 6.17. The van der Waals surface area contributed by atoms with Crippen LogP contribution in [-0.4, -0.2) is 34.2 Å². The second-order valence-electron chi connectivity index (χ2n) is 6.17. The van der Waals surface area contributed by atoms with Crippen molar-refractivity contribution in [3.63, 3.8) is 0 Å². The van der Waals surface area contributed by atoms with Crippen molar-refractivity contribution in [1.29, 1.82) is 0 Å². The molecule has 2 heterocycles. The first kappa shape index (κ1) is 18.2. The van der Waals surface area contributed by atoms with Gasteiger partial charge >= 0.3 is 5.97 Å². The average molecular weight is 391 g/mol. The van der Waals surface area contributed by atoms with E-state index in [1.54, 1.807) is 37.5 Å². The van der Waals surface area contributed by atoms with Gasteiger partial charge in [0.15, 0.2) is 6.23 Å². The molecule has 1 aliphatic rings. The predicted molar refractivity (Wildman–Crippen MR) is 104 cm³/mol. The summed E-state index contributed by atoms with van der Waals surface area (Å²) in [5.74, 6) is 0.0233. The van der Waals surface area contributed by atoms with Gasteiger partial charge in [-0.15, -0.1) is 0 Å². The molecule has 0 radical (unpaired) electrons. The first-order chi connectivity index (χ1) is 14.1. The van der Waals surface area contributed by atoms with Crippen molar-refractivity contribution in [3.8, 4) is 5.75 Å². The number of methoxy groups -OCH3 is 1. The second kappa shape index (κ2) is 7.85. The summed E-state index contributed by atoms with van der Waals surface area (Å²) in [5, 5.41) is 11.9. The van der Waals surface area contributed by atoms with E-state index in [0.29, 0.717) is 11.4 Å². The predicted octanol–water partition coefficient (Wildman–Crippen LogP) is 2.25. The van der Waals surface area contributed by atoms with E-state index in [2.05, 4.69) is 25.8 Å². The number of nitrogens with one attached hydrogen (secondary N) is 3. The molecule has 29 heavy (non-hydrogen) atoms. The highest BCUT2D eigenvalue weighted by Crippen LogP contribution is 2.26. The molecule has 1 aliphatic heterocycles. The minimum absolute atomic E-state index is 0.119. The van der Waals surface area contributed by atoms with E-state index in [1.807, 2.05) is 24.3 Å². The van der Waals surface area contributed by atoms with Crippen LogP contribution < -0.4 is 15.4 Å². The fraction of sp³-hybridized carbons (Fsp3) is 0.100. The van der Waals surface area contributed by atoms with Crippen molar-refractivity contribution in [3.05, 3.63) is 77.5 Å². The fourth-order valence-electron chi connectivity index (χ4n) is 2.77. The van der Waals surface area contributed by atoms with E-state index in [1.165, 1.54) is 6.33 Å². The molecular weight excluding hydrogens is 374 g/mol. The number of H-pyrrole nitrogens is 1. The number of esters is 1. The molecule has 2 aromatic carbocycles. The Morgan fingerprint density at radius 2 is 1.93 bits per heavy atom. The minimum Gasteiger partial charge on any atom is -0.497 e. The molecule has 9 heteroatoms. The number of nitrogens with zero attached hydrogens (tertiary/aromatic N) is 2. The maximum Gasteiger partial charge on any atom is 0.356 e. The van der Waals surface area contributed by atoms with Gasteiger partial charge < -0.3 is 20.1 Å². The Hall–Kier alpha value is -4.14. The van der Waals surface area contributed by atoms with Crippen molar-refractivity contribution in [2.75, 3.05) is 12.4 Å². The van der Waals surface area contributed by atoms with Crippen molar-refractivity contribution in [2.45, 2.75) is 6.23 Å². The molecule has 0 unspecified atom stereocenters. The van der Waals surface area contributed by atoms with Gasteiger partial charge in [0, 0.05) is 11.3 Å². The number of ether oxygens (including phenoxy) is 2. The van der Waals surface area contributed by atoms with Gasteiger partial charge in [-0.1, -0.05) is 24.3 Å². The number of hydrogen-bond donors (Lipinski definition) is 3. The SMILES string of the molecule is COc1ccc(/C=C2/N[C@@H](c3ccc(NC(=O)c4ncn[nH]4)cc3)OC2=O)cc1. The highest BCUT2D eigenvalue weighted by Gasteiger charge is 2.29. The number of hydrogen-bond acceptors (Lipinski definition) is 7. The van der Waals surface area contributed by atoms with Gasteiger partial charge in [0.2, 0.25) is 5.82 Å². The molecule has 9 nitrogen and oxygen atoms in total. The molecule has 1 saturated heterocycles. The molecule has 4 rings (SSSR count). The van der Waals surface area contributed by atoms with Gasteiger partial charge in [-0.2, -0.15) is 5.10 Å². The molecule has 146 valence electrons. The summed E-state index contributed by atoms with van der Waals surface area (Å²) in [6.45, 7) is 0. The van der Waals surface area contributed by atoms with Crippen LogP contribution in [0.25, 0.3) is 6.08 Å². The third-order valence-electron chi connectivity index (χ3n) is 4.26. The molecule has 0 bridgehead atoms. The van der Waals surface area contributed by atoms with Crippen molar-refractivity contribution in [1.82, 2.24) is 20.5 Å². The lowest BCUT2D eigenvalue weighted by Gasteiger charge is -2.11. The first-order valence-electron chi connectivity index (χ1n) is 8.72. The zero-order valence-corrected chi connectivity index (χ0v) is 15.4. The molecule has 3 aromatic rings. The number of aromatic nitrogens is 3. The number of cyclic esters (lactones) is 1. The summed E-state index contributed by atoms with van der Waals surface area (Å²) in [6.07, 6.45) is 2.37. The minimum atomic E-state index is -0.606. The van der Waals surface area contributed by atoms with E-state index in [9.17, 15) is 9.59 Å². The van der Waals surface area contributed by atoms with Crippen molar-refractivity contribution in [2.24, 2.45) is 0 Å². The number of benzene rings is 2. The molecule has 0 aliphatic carbocycles. The monoisotopic (exact) mass is 391 g/mol. The number of carbonyl (C=O) groups excluding carboxylic acids is 2. The third-order valence-corrected chi connectivity index (χ3v) is 4.26. The lowest BCUT2D eigenvalue weighted by Crippen LogP contribution is -2.15. The van der Waals surface area contributed by atoms with Gasteiger partial charge in [0.25, 0.3) is 5.91 Å². The van der Waals surface area contributed by atoms with Gasteiger partial charge in [0.05, 0.1) is 7.11 Å². The number of rotatable bonds is 5. The summed E-state index contributed by atoms with van der Waals surface area (Å²) < 4.78 is 10.5. The Balaban J connectivity index is 1.43. The van der Waals surface area contributed by atoms with Crippen LogP contribution in [-0.2, 0) is 9.53 Å². The van der Waals surface area contributed by atoms with E-state index in [0.717, 1.165) is 16.9 Å². The van der Waals surface area contributed by atoms with Crippen LogP contribution in [0, 0.1) is 0 Å². The standard InChI is InChI=1S/C20H17N5O4/c1-28-15-8-2-12(3-9-15)10-16-20(27)29-19(24-16)13-4-6-14(7-5-13)23-18(26)17-21-11-22-25-17/h2-11,19,24H,1H3,(H,23,26)(H,21,22,25)/b16-10+/t19-/m1/s1. The Morgan fingerprint density at radius 3 is 2.59 bits per heavy atom. The quantitative estimate of drug-likeness (QED) is 0.451. The smallest absolute Gasteiger partial charge is 0.356 e. The molecule has 0 saturated carbocycles. The zero-order valence-electron chi connectivity index (χ0n) is 15.4.